The molecular weight excluding hydrogens is 356 g/mol. The molecule has 2 heterocycles. The van der Waals surface area contributed by atoms with Gasteiger partial charge < -0.3 is 11.1 Å². The molecule has 0 aliphatic carbocycles. The fourth-order valence-electron chi connectivity index (χ4n) is 3.00. The molecule has 130 valence electrons. The standard InChI is InChI=1S/C18H13ClN4O3/c19-9-1-3-11-13(7-9)22-17-16(25)12-8-10(21-15(24)5-6-20)2-4-14(12)23(17)18(11)26/h1-4,7-8H,5-6,20H2,(H,21,24). The summed E-state index contributed by atoms with van der Waals surface area (Å²) in [4.78, 5) is 41.6. The minimum absolute atomic E-state index is 0.0326. The van der Waals surface area contributed by atoms with E-state index in [4.69, 9.17) is 17.3 Å². The largest absolute Gasteiger partial charge is 0.330 e. The Morgan fingerprint density at radius 1 is 1.19 bits per heavy atom. The van der Waals surface area contributed by atoms with Crippen LogP contribution in [0.2, 0.25) is 5.02 Å². The van der Waals surface area contributed by atoms with Gasteiger partial charge in [0.15, 0.2) is 5.82 Å². The lowest BCUT2D eigenvalue weighted by atomic mass is 10.1. The van der Waals surface area contributed by atoms with Crippen LogP contribution in [0.25, 0.3) is 16.6 Å². The molecule has 1 aliphatic rings. The maximum absolute atomic E-state index is 12.8. The van der Waals surface area contributed by atoms with Crippen molar-refractivity contribution in [2.75, 3.05) is 11.9 Å². The summed E-state index contributed by atoms with van der Waals surface area (Å²) in [6, 6.07) is 9.53. The second-order valence-electron chi connectivity index (χ2n) is 5.89. The van der Waals surface area contributed by atoms with Crippen LogP contribution in [0, 0.1) is 0 Å². The van der Waals surface area contributed by atoms with Gasteiger partial charge in [0.05, 0.1) is 22.2 Å². The van der Waals surface area contributed by atoms with Gasteiger partial charge in [0.2, 0.25) is 11.7 Å². The van der Waals surface area contributed by atoms with Gasteiger partial charge in [-0.2, -0.15) is 0 Å². The third-order valence-electron chi connectivity index (χ3n) is 4.17. The number of fused-ring (bicyclic) bond motifs is 4. The normalized spacial score (nSPS) is 12.2. The van der Waals surface area contributed by atoms with E-state index in [0.717, 1.165) is 0 Å². The minimum atomic E-state index is -0.381. The number of benzene rings is 2. The predicted molar refractivity (Wildman–Crippen MR) is 98.1 cm³/mol. The number of ketones is 1. The fraction of sp³-hybridized carbons (Fsp3) is 0.111. The Kier molecular flexibility index (Phi) is 3.82. The number of aromatic nitrogens is 2. The van der Waals surface area contributed by atoms with Gasteiger partial charge in [-0.3, -0.25) is 19.0 Å². The lowest BCUT2D eigenvalue weighted by molar-refractivity contribution is -0.116. The molecule has 1 amide bonds. The van der Waals surface area contributed by atoms with Crippen LogP contribution in [0.4, 0.5) is 5.69 Å². The van der Waals surface area contributed by atoms with E-state index in [9.17, 15) is 14.4 Å². The molecule has 0 radical (unpaired) electrons. The number of carbonyl (C=O) groups is 2. The molecule has 2 aromatic carbocycles. The quantitative estimate of drug-likeness (QED) is 0.574. The van der Waals surface area contributed by atoms with E-state index < -0.39 is 0 Å². The number of halogens is 1. The Labute approximate surface area is 152 Å². The molecule has 0 bridgehead atoms. The van der Waals surface area contributed by atoms with Crippen LogP contribution in [0.3, 0.4) is 0 Å². The van der Waals surface area contributed by atoms with Crippen molar-refractivity contribution in [2.45, 2.75) is 6.42 Å². The number of hydrogen-bond donors (Lipinski definition) is 2. The van der Waals surface area contributed by atoms with Gasteiger partial charge >= 0.3 is 0 Å². The van der Waals surface area contributed by atoms with Gasteiger partial charge in [-0.1, -0.05) is 11.6 Å². The van der Waals surface area contributed by atoms with Crippen molar-refractivity contribution in [3.63, 3.8) is 0 Å². The van der Waals surface area contributed by atoms with Crippen molar-refractivity contribution in [1.29, 1.82) is 0 Å². The van der Waals surface area contributed by atoms with E-state index in [1.807, 2.05) is 0 Å². The summed E-state index contributed by atoms with van der Waals surface area (Å²) in [5.41, 5.74) is 6.60. The van der Waals surface area contributed by atoms with Gasteiger partial charge in [0.1, 0.15) is 0 Å². The third-order valence-corrected chi connectivity index (χ3v) is 4.41. The number of rotatable bonds is 3. The molecule has 8 heteroatoms. The van der Waals surface area contributed by atoms with E-state index in [-0.39, 0.29) is 36.0 Å². The zero-order valence-electron chi connectivity index (χ0n) is 13.5. The summed E-state index contributed by atoms with van der Waals surface area (Å²) in [5, 5.41) is 3.49. The average Bonchev–Trinajstić information content (AvgIpc) is 2.87. The Morgan fingerprint density at radius 3 is 2.77 bits per heavy atom. The van der Waals surface area contributed by atoms with Gasteiger partial charge in [0.25, 0.3) is 5.56 Å². The lowest BCUT2D eigenvalue weighted by Gasteiger charge is -2.07. The molecule has 1 aliphatic heterocycles. The molecule has 0 fully saturated rings. The number of anilines is 1. The van der Waals surface area contributed by atoms with Crippen molar-refractivity contribution in [1.82, 2.24) is 9.55 Å². The van der Waals surface area contributed by atoms with Crippen molar-refractivity contribution in [3.8, 4) is 5.69 Å². The highest BCUT2D eigenvalue weighted by atomic mass is 35.5. The highest BCUT2D eigenvalue weighted by Crippen LogP contribution is 2.29. The summed E-state index contributed by atoms with van der Waals surface area (Å²) in [6.07, 6.45) is 0.179. The van der Waals surface area contributed by atoms with E-state index in [1.54, 1.807) is 30.3 Å². The van der Waals surface area contributed by atoms with Gasteiger partial charge in [-0.15, -0.1) is 0 Å². The van der Waals surface area contributed by atoms with E-state index in [1.165, 1.54) is 10.6 Å². The first-order chi connectivity index (χ1) is 12.5. The SMILES string of the molecule is NCCC(=O)Nc1ccc2c(c1)C(=O)c1nc3cc(Cl)ccc3c(=O)n1-2. The van der Waals surface area contributed by atoms with Crippen molar-refractivity contribution in [3.05, 3.63) is 63.2 Å². The van der Waals surface area contributed by atoms with Crippen molar-refractivity contribution < 1.29 is 9.59 Å². The van der Waals surface area contributed by atoms with Crippen LogP contribution in [-0.4, -0.2) is 27.8 Å². The molecule has 0 atom stereocenters. The number of nitrogens with two attached hydrogens (primary N) is 1. The number of carbonyl (C=O) groups excluding carboxylic acids is 2. The number of hydrogen-bond acceptors (Lipinski definition) is 5. The van der Waals surface area contributed by atoms with Crippen molar-refractivity contribution >= 4 is 39.9 Å². The molecule has 7 nitrogen and oxygen atoms in total. The van der Waals surface area contributed by atoms with Crippen LogP contribution in [0.15, 0.2) is 41.2 Å². The zero-order valence-corrected chi connectivity index (χ0v) is 14.2. The molecular formula is C18H13ClN4O3. The Hall–Kier alpha value is -3.03. The molecule has 4 rings (SSSR count). The number of amides is 1. The minimum Gasteiger partial charge on any atom is -0.330 e. The number of nitrogens with one attached hydrogen (secondary N) is 1. The average molecular weight is 369 g/mol. The van der Waals surface area contributed by atoms with Crippen LogP contribution in [0.5, 0.6) is 0 Å². The predicted octanol–water partition coefficient (Wildman–Crippen LogP) is 1.87. The monoisotopic (exact) mass is 368 g/mol. The third kappa shape index (κ3) is 2.49. The molecule has 3 N–H and O–H groups in total. The first-order valence-electron chi connectivity index (χ1n) is 7.91. The molecule has 26 heavy (non-hydrogen) atoms. The second kappa shape index (κ2) is 6.05. The molecule has 3 aromatic rings. The maximum Gasteiger partial charge on any atom is 0.266 e. The molecule has 1 aromatic heterocycles. The van der Waals surface area contributed by atoms with Crippen molar-refractivity contribution in [2.24, 2.45) is 5.73 Å². The van der Waals surface area contributed by atoms with Gasteiger partial charge in [0, 0.05) is 23.7 Å². The summed E-state index contributed by atoms with van der Waals surface area (Å²) < 4.78 is 1.29. The van der Waals surface area contributed by atoms with Gasteiger partial charge in [-0.25, -0.2) is 4.98 Å². The second-order valence-corrected chi connectivity index (χ2v) is 6.32. The lowest BCUT2D eigenvalue weighted by Crippen LogP contribution is -2.21. The Bertz CT molecular complexity index is 1150. The first kappa shape index (κ1) is 16.4. The Balaban J connectivity index is 1.86. The highest BCUT2D eigenvalue weighted by molar-refractivity contribution is 6.31. The molecule has 0 unspecified atom stereocenters. The topological polar surface area (TPSA) is 107 Å². The van der Waals surface area contributed by atoms with E-state index in [2.05, 4.69) is 10.3 Å². The van der Waals surface area contributed by atoms with Crippen LogP contribution < -0.4 is 16.6 Å². The zero-order chi connectivity index (χ0) is 18.4. The summed E-state index contributed by atoms with van der Waals surface area (Å²) in [6.45, 7) is 0.232. The summed E-state index contributed by atoms with van der Waals surface area (Å²) >= 11 is 5.96. The summed E-state index contributed by atoms with van der Waals surface area (Å²) in [5.74, 6) is -0.592. The van der Waals surface area contributed by atoms with Crippen LogP contribution >= 0.6 is 11.6 Å². The molecule has 0 saturated carbocycles. The maximum atomic E-state index is 12.8. The smallest absolute Gasteiger partial charge is 0.266 e. The summed E-state index contributed by atoms with van der Waals surface area (Å²) in [7, 11) is 0. The van der Waals surface area contributed by atoms with E-state index in [0.29, 0.717) is 32.9 Å². The van der Waals surface area contributed by atoms with Gasteiger partial charge in [-0.05, 0) is 36.4 Å². The molecule has 0 saturated heterocycles. The molecule has 0 spiro atoms. The van der Waals surface area contributed by atoms with Crippen LogP contribution in [-0.2, 0) is 4.79 Å². The highest BCUT2D eigenvalue weighted by Gasteiger charge is 2.30. The van der Waals surface area contributed by atoms with E-state index >= 15 is 0 Å². The number of nitrogens with zero attached hydrogens (tertiary/aromatic N) is 2. The first-order valence-corrected chi connectivity index (χ1v) is 8.29. The Morgan fingerprint density at radius 2 is 2.00 bits per heavy atom. The fourth-order valence-corrected chi connectivity index (χ4v) is 3.17. The van der Waals surface area contributed by atoms with Crippen LogP contribution in [0.1, 0.15) is 22.6 Å².